The molecule has 20 heavy (non-hydrogen) atoms. The van der Waals surface area contributed by atoms with Crippen molar-refractivity contribution >= 4 is 40.8 Å². The second kappa shape index (κ2) is 4.64. The average Bonchev–Trinajstić information content (AvgIpc) is 2.86. The molecule has 3 aromatic rings. The monoisotopic (exact) mass is 274 g/mol. The molecule has 1 aliphatic rings. The summed E-state index contributed by atoms with van der Waals surface area (Å²) < 4.78 is 1.44. The van der Waals surface area contributed by atoms with Gasteiger partial charge in [-0.25, -0.2) is 0 Å². The Morgan fingerprint density at radius 3 is 2.85 bits per heavy atom. The molecule has 0 nitrogen and oxygen atoms in total. The fourth-order valence-corrected chi connectivity index (χ4v) is 4.35. The number of benzene rings is 2. The molecule has 0 radical (unpaired) electrons. The molecule has 1 aromatic heterocycles. The van der Waals surface area contributed by atoms with Gasteiger partial charge in [0.1, 0.15) is 7.85 Å². The van der Waals surface area contributed by atoms with Crippen LogP contribution in [-0.2, 0) is 6.42 Å². The van der Waals surface area contributed by atoms with Gasteiger partial charge >= 0.3 is 0 Å². The zero-order chi connectivity index (χ0) is 13.5. The number of hydrogen-bond acceptors (Lipinski definition) is 1. The molecular formula is C18H15BS. The van der Waals surface area contributed by atoms with Gasteiger partial charge in [0.25, 0.3) is 0 Å². The van der Waals surface area contributed by atoms with E-state index in [-0.39, 0.29) is 0 Å². The van der Waals surface area contributed by atoms with Gasteiger partial charge < -0.3 is 0 Å². The van der Waals surface area contributed by atoms with Gasteiger partial charge in [0.2, 0.25) is 0 Å². The summed E-state index contributed by atoms with van der Waals surface area (Å²) in [5, 5.41) is 1.42. The fourth-order valence-electron chi connectivity index (χ4n) is 3.01. The lowest BCUT2D eigenvalue weighted by Gasteiger charge is -2.05. The van der Waals surface area contributed by atoms with Crippen molar-refractivity contribution < 1.29 is 0 Å². The lowest BCUT2D eigenvalue weighted by molar-refractivity contribution is 1.02. The maximum absolute atomic E-state index is 2.30. The predicted octanol–water partition coefficient (Wildman–Crippen LogP) is 3.79. The Kier molecular flexibility index (Phi) is 2.78. The van der Waals surface area contributed by atoms with E-state index in [4.69, 9.17) is 0 Å². The lowest BCUT2D eigenvalue weighted by atomic mass is 9.92. The van der Waals surface area contributed by atoms with Crippen LogP contribution in [0, 0.1) is 0 Å². The second-order valence-corrected chi connectivity index (χ2v) is 6.54. The quantitative estimate of drug-likeness (QED) is 0.592. The largest absolute Gasteiger partial charge is 0.139 e. The highest BCUT2D eigenvalue weighted by atomic mass is 32.1. The molecule has 0 unspecified atom stereocenters. The molecule has 2 aromatic carbocycles. The van der Waals surface area contributed by atoms with Gasteiger partial charge in [-0.05, 0) is 29.5 Å². The lowest BCUT2D eigenvalue weighted by Crippen LogP contribution is -2.00. The van der Waals surface area contributed by atoms with E-state index >= 15 is 0 Å². The molecule has 1 heterocycles. The smallest absolute Gasteiger partial charge is 0.139 e. The van der Waals surface area contributed by atoms with Gasteiger partial charge in [-0.1, -0.05) is 60.1 Å². The standard InChI is InChI=1S/C18H15BS/c19-13-6-3-5-12(11-13)14-8-4-9-16-15-7-1-2-10-17(15)20-18(14)16/h1,3-9,11H,2,10,19H2. The molecule has 0 saturated heterocycles. The third-order valence-electron chi connectivity index (χ3n) is 3.98. The summed E-state index contributed by atoms with van der Waals surface area (Å²) in [7, 11) is 2.16. The number of aryl methyl sites for hydroxylation is 1. The maximum Gasteiger partial charge on any atom is 0.139 e. The predicted molar refractivity (Wildman–Crippen MR) is 92.8 cm³/mol. The van der Waals surface area contributed by atoms with Gasteiger partial charge in [-0.3, -0.25) is 0 Å². The first-order valence-corrected chi connectivity index (χ1v) is 7.92. The zero-order valence-corrected chi connectivity index (χ0v) is 12.3. The van der Waals surface area contributed by atoms with Crippen molar-refractivity contribution in [2.45, 2.75) is 12.8 Å². The number of fused-ring (bicyclic) bond motifs is 3. The minimum atomic E-state index is 1.18. The van der Waals surface area contributed by atoms with E-state index in [1.54, 1.807) is 4.88 Å². The molecule has 2 heteroatoms. The van der Waals surface area contributed by atoms with E-state index in [1.165, 1.54) is 45.1 Å². The Morgan fingerprint density at radius 1 is 1.05 bits per heavy atom. The van der Waals surface area contributed by atoms with E-state index in [0.717, 1.165) is 0 Å². The number of thiophene rings is 1. The highest BCUT2D eigenvalue weighted by Crippen LogP contribution is 2.40. The molecule has 4 rings (SSSR count). The summed E-state index contributed by atoms with van der Waals surface area (Å²) in [5.74, 6) is 0. The minimum absolute atomic E-state index is 1.18. The molecule has 0 amide bonds. The molecule has 1 aliphatic carbocycles. The molecule has 0 fully saturated rings. The Bertz CT molecular complexity index is 827. The molecule has 96 valence electrons. The van der Waals surface area contributed by atoms with Crippen molar-refractivity contribution in [3.8, 4) is 11.1 Å². The van der Waals surface area contributed by atoms with Gasteiger partial charge in [-0.15, -0.1) is 11.3 Å². The van der Waals surface area contributed by atoms with E-state index < -0.39 is 0 Å². The SMILES string of the molecule is Bc1cccc(-c2cccc3c4c(sc23)CCC=C4)c1. The second-order valence-electron chi connectivity index (χ2n) is 5.43. The molecular weight excluding hydrogens is 259 g/mol. The Hall–Kier alpha value is -1.80. The third-order valence-corrected chi connectivity index (χ3v) is 5.30. The third kappa shape index (κ3) is 1.83. The van der Waals surface area contributed by atoms with Crippen molar-refractivity contribution in [1.29, 1.82) is 0 Å². The van der Waals surface area contributed by atoms with Crippen molar-refractivity contribution in [3.63, 3.8) is 0 Å². The Labute approximate surface area is 124 Å². The summed E-state index contributed by atoms with van der Waals surface area (Å²) in [4.78, 5) is 1.54. The molecule has 0 atom stereocenters. The first-order valence-electron chi connectivity index (χ1n) is 7.11. The number of hydrogen-bond donors (Lipinski definition) is 0. The fraction of sp³-hybridized carbons (Fsp3) is 0.111. The van der Waals surface area contributed by atoms with E-state index in [0.29, 0.717) is 0 Å². The summed E-state index contributed by atoms with van der Waals surface area (Å²) in [6, 6.07) is 15.5. The van der Waals surface area contributed by atoms with E-state index in [2.05, 4.69) is 62.5 Å². The van der Waals surface area contributed by atoms with Crippen LogP contribution in [0.15, 0.2) is 48.5 Å². The van der Waals surface area contributed by atoms with E-state index in [9.17, 15) is 0 Å². The van der Waals surface area contributed by atoms with Gasteiger partial charge in [0.15, 0.2) is 0 Å². The van der Waals surface area contributed by atoms with Gasteiger partial charge in [-0.2, -0.15) is 0 Å². The highest BCUT2D eigenvalue weighted by molar-refractivity contribution is 7.20. The normalized spacial score (nSPS) is 13.6. The average molecular weight is 274 g/mol. The van der Waals surface area contributed by atoms with Crippen LogP contribution < -0.4 is 5.46 Å². The van der Waals surface area contributed by atoms with Crippen molar-refractivity contribution in [3.05, 3.63) is 59.0 Å². The van der Waals surface area contributed by atoms with Gasteiger partial charge in [0, 0.05) is 15.0 Å². The van der Waals surface area contributed by atoms with E-state index in [1.807, 2.05) is 11.3 Å². The number of rotatable bonds is 1. The van der Waals surface area contributed by atoms with Crippen LogP contribution >= 0.6 is 11.3 Å². The first kappa shape index (κ1) is 12.0. The summed E-state index contributed by atoms with van der Waals surface area (Å²) in [6.07, 6.45) is 6.98. The molecule has 0 bridgehead atoms. The van der Waals surface area contributed by atoms with Crippen LogP contribution in [0.1, 0.15) is 16.9 Å². The topological polar surface area (TPSA) is 0 Å². The zero-order valence-electron chi connectivity index (χ0n) is 11.5. The van der Waals surface area contributed by atoms with Crippen LogP contribution in [0.5, 0.6) is 0 Å². The van der Waals surface area contributed by atoms with Gasteiger partial charge in [0.05, 0.1) is 0 Å². The number of allylic oxidation sites excluding steroid dienone is 1. The van der Waals surface area contributed by atoms with Crippen molar-refractivity contribution in [2.24, 2.45) is 0 Å². The van der Waals surface area contributed by atoms with Crippen LogP contribution in [0.25, 0.3) is 27.3 Å². The van der Waals surface area contributed by atoms with Crippen LogP contribution in [-0.4, -0.2) is 7.85 Å². The maximum atomic E-state index is 2.30. The van der Waals surface area contributed by atoms with Crippen LogP contribution in [0.4, 0.5) is 0 Å². The molecule has 0 spiro atoms. The van der Waals surface area contributed by atoms with Crippen LogP contribution in [0.3, 0.4) is 0 Å². The summed E-state index contributed by atoms with van der Waals surface area (Å²) in [6.45, 7) is 0. The summed E-state index contributed by atoms with van der Waals surface area (Å²) in [5.41, 5.74) is 5.48. The first-order chi connectivity index (χ1) is 9.83. The molecule has 0 N–H and O–H groups in total. The van der Waals surface area contributed by atoms with Crippen molar-refractivity contribution in [2.75, 3.05) is 0 Å². The Morgan fingerprint density at radius 2 is 1.95 bits per heavy atom. The molecule has 0 aliphatic heterocycles. The highest BCUT2D eigenvalue weighted by Gasteiger charge is 2.15. The minimum Gasteiger partial charge on any atom is -0.139 e. The Balaban J connectivity index is 2.01. The molecule has 0 saturated carbocycles. The summed E-state index contributed by atoms with van der Waals surface area (Å²) >= 11 is 1.98. The van der Waals surface area contributed by atoms with Crippen LogP contribution in [0.2, 0.25) is 0 Å². The van der Waals surface area contributed by atoms with Crippen molar-refractivity contribution in [1.82, 2.24) is 0 Å².